The number of nitrogens with zero attached hydrogens (tertiary/aromatic N) is 2. The van der Waals surface area contributed by atoms with Gasteiger partial charge in [0.05, 0.1) is 19.1 Å². The van der Waals surface area contributed by atoms with Crippen molar-refractivity contribution < 1.29 is 22.7 Å². The number of hydrogen-bond donors (Lipinski definition) is 1. The Kier molecular flexibility index (Phi) is 9.62. The first-order valence-corrected chi connectivity index (χ1v) is 14.3. The van der Waals surface area contributed by atoms with Crippen LogP contribution >= 0.6 is 11.6 Å². The van der Waals surface area contributed by atoms with Crippen molar-refractivity contribution in [1.82, 2.24) is 10.2 Å². The Bertz CT molecular complexity index is 1150. The van der Waals surface area contributed by atoms with Crippen molar-refractivity contribution in [3.8, 4) is 5.75 Å². The van der Waals surface area contributed by atoms with Crippen LogP contribution in [0.15, 0.2) is 48.5 Å². The third-order valence-electron chi connectivity index (χ3n) is 6.42. The van der Waals surface area contributed by atoms with E-state index < -0.39 is 28.5 Å². The van der Waals surface area contributed by atoms with E-state index >= 15 is 0 Å². The van der Waals surface area contributed by atoms with Gasteiger partial charge in [-0.3, -0.25) is 13.9 Å². The van der Waals surface area contributed by atoms with Gasteiger partial charge in [0.15, 0.2) is 0 Å². The van der Waals surface area contributed by atoms with Crippen LogP contribution in [-0.4, -0.2) is 57.1 Å². The van der Waals surface area contributed by atoms with Crippen LogP contribution in [0.5, 0.6) is 5.75 Å². The van der Waals surface area contributed by atoms with Crippen LogP contribution in [0.25, 0.3) is 0 Å². The van der Waals surface area contributed by atoms with Crippen LogP contribution < -0.4 is 14.4 Å². The molecule has 1 N–H and O–H groups in total. The summed E-state index contributed by atoms with van der Waals surface area (Å²) in [6.45, 7) is 1.31. The maximum atomic E-state index is 13.7. The number of methoxy groups -OCH3 is 1. The van der Waals surface area contributed by atoms with E-state index in [1.165, 1.54) is 12.0 Å². The second-order valence-electron chi connectivity index (χ2n) is 9.11. The van der Waals surface area contributed by atoms with Gasteiger partial charge in [-0.25, -0.2) is 8.42 Å². The number of sulfonamides is 1. The summed E-state index contributed by atoms with van der Waals surface area (Å²) in [5.41, 5.74) is 1.02. The Morgan fingerprint density at radius 1 is 1.08 bits per heavy atom. The zero-order chi connectivity index (χ0) is 26.3. The van der Waals surface area contributed by atoms with Crippen LogP contribution in [-0.2, 0) is 26.2 Å². The molecule has 0 heterocycles. The molecule has 0 radical (unpaired) electrons. The van der Waals surface area contributed by atoms with Gasteiger partial charge in [-0.05, 0) is 49.6 Å². The highest BCUT2D eigenvalue weighted by molar-refractivity contribution is 7.92. The number of hydrogen-bond acceptors (Lipinski definition) is 5. The van der Waals surface area contributed by atoms with Gasteiger partial charge >= 0.3 is 0 Å². The van der Waals surface area contributed by atoms with Crippen molar-refractivity contribution in [1.29, 1.82) is 0 Å². The minimum absolute atomic E-state index is 0.0854. The molecule has 1 unspecified atom stereocenters. The van der Waals surface area contributed by atoms with Gasteiger partial charge in [0.1, 0.15) is 18.3 Å². The quantitative estimate of drug-likeness (QED) is 0.496. The molecule has 0 aliphatic heterocycles. The molecule has 1 aliphatic rings. The molecule has 3 rings (SSSR count). The van der Waals surface area contributed by atoms with Gasteiger partial charge in [-0.1, -0.05) is 55.1 Å². The van der Waals surface area contributed by atoms with Crippen molar-refractivity contribution in [2.45, 2.75) is 57.7 Å². The molecule has 0 aromatic heterocycles. The molecule has 2 aromatic rings. The van der Waals surface area contributed by atoms with Crippen LogP contribution in [0.3, 0.4) is 0 Å². The van der Waals surface area contributed by atoms with E-state index in [1.54, 1.807) is 55.5 Å². The van der Waals surface area contributed by atoms with Gasteiger partial charge in [-0.2, -0.15) is 0 Å². The Labute approximate surface area is 218 Å². The molecular formula is C26H34ClN3O5S. The second-order valence-corrected chi connectivity index (χ2v) is 11.5. The van der Waals surface area contributed by atoms with E-state index in [-0.39, 0.29) is 24.2 Å². The van der Waals surface area contributed by atoms with E-state index in [9.17, 15) is 18.0 Å². The summed E-state index contributed by atoms with van der Waals surface area (Å²) in [5, 5.41) is 3.63. The summed E-state index contributed by atoms with van der Waals surface area (Å²) in [7, 11) is -2.40. The van der Waals surface area contributed by atoms with Gasteiger partial charge in [0.25, 0.3) is 0 Å². The lowest BCUT2D eigenvalue weighted by molar-refractivity contribution is -0.139. The van der Waals surface area contributed by atoms with Crippen LogP contribution in [0.4, 0.5) is 5.69 Å². The molecule has 0 bridgehead atoms. The van der Waals surface area contributed by atoms with E-state index in [1.807, 2.05) is 0 Å². The lowest BCUT2D eigenvalue weighted by atomic mass is 9.95. The van der Waals surface area contributed by atoms with Crippen molar-refractivity contribution in [2.75, 3.05) is 24.2 Å². The highest BCUT2D eigenvalue weighted by Crippen LogP contribution is 2.29. The van der Waals surface area contributed by atoms with Crippen LogP contribution in [0.2, 0.25) is 5.02 Å². The average Bonchev–Trinajstić information content (AvgIpc) is 2.86. The topological polar surface area (TPSA) is 96.0 Å². The molecule has 1 saturated carbocycles. The number of amides is 2. The zero-order valence-electron chi connectivity index (χ0n) is 20.9. The van der Waals surface area contributed by atoms with Crippen LogP contribution in [0, 0.1) is 0 Å². The molecule has 1 atom stereocenters. The number of halogens is 1. The standard InChI is InChI=1S/C26H34ClN3O5S/c1-19(26(32)28-22-9-5-4-6-10-22)29(17-20-13-15-21(27)16-14-20)25(31)18-30(36(3,33)34)23-11-7-8-12-24(23)35-2/h7-8,11-16,19,22H,4-6,9-10,17-18H2,1-3H3,(H,28,32). The van der Waals surface area contributed by atoms with Gasteiger partial charge < -0.3 is 15.0 Å². The summed E-state index contributed by atoms with van der Waals surface area (Å²) >= 11 is 6.02. The third kappa shape index (κ3) is 7.36. The Morgan fingerprint density at radius 3 is 2.33 bits per heavy atom. The predicted molar refractivity (Wildman–Crippen MR) is 142 cm³/mol. The number of nitrogens with one attached hydrogen (secondary N) is 1. The minimum atomic E-state index is -3.84. The van der Waals surface area contributed by atoms with Gasteiger partial charge in [0.2, 0.25) is 21.8 Å². The molecule has 0 spiro atoms. The second kappa shape index (κ2) is 12.5. The molecular weight excluding hydrogens is 502 g/mol. The van der Waals surface area contributed by atoms with E-state index in [2.05, 4.69) is 5.32 Å². The number of ether oxygens (including phenoxy) is 1. The lowest BCUT2D eigenvalue weighted by Gasteiger charge is -2.33. The molecule has 10 heteroatoms. The number of rotatable bonds is 10. The first-order valence-electron chi connectivity index (χ1n) is 12.0. The summed E-state index contributed by atoms with van der Waals surface area (Å²) in [6, 6.07) is 12.9. The molecule has 1 aliphatic carbocycles. The fourth-order valence-electron chi connectivity index (χ4n) is 4.37. The lowest BCUT2D eigenvalue weighted by Crippen LogP contribution is -2.53. The SMILES string of the molecule is COc1ccccc1N(CC(=O)N(Cc1ccc(Cl)cc1)C(C)C(=O)NC1CCCCC1)S(C)(=O)=O. The van der Waals surface area contributed by atoms with Crippen molar-refractivity contribution in [3.63, 3.8) is 0 Å². The Morgan fingerprint density at radius 2 is 1.72 bits per heavy atom. The zero-order valence-corrected chi connectivity index (χ0v) is 22.5. The van der Waals surface area contributed by atoms with Crippen molar-refractivity contribution in [3.05, 3.63) is 59.1 Å². The molecule has 2 amide bonds. The number of carbonyl (C=O) groups excluding carboxylic acids is 2. The molecule has 36 heavy (non-hydrogen) atoms. The molecule has 0 saturated heterocycles. The minimum Gasteiger partial charge on any atom is -0.495 e. The maximum absolute atomic E-state index is 13.7. The Balaban J connectivity index is 1.89. The van der Waals surface area contributed by atoms with E-state index in [0.29, 0.717) is 10.8 Å². The monoisotopic (exact) mass is 535 g/mol. The molecule has 2 aromatic carbocycles. The summed E-state index contributed by atoms with van der Waals surface area (Å²) in [4.78, 5) is 28.2. The highest BCUT2D eigenvalue weighted by atomic mass is 35.5. The number of carbonyl (C=O) groups is 2. The fourth-order valence-corrected chi connectivity index (χ4v) is 5.35. The summed E-state index contributed by atoms with van der Waals surface area (Å²) in [5.74, 6) is -0.442. The number of para-hydroxylation sites is 2. The molecule has 1 fully saturated rings. The average molecular weight is 536 g/mol. The smallest absolute Gasteiger partial charge is 0.244 e. The molecule has 196 valence electrons. The van der Waals surface area contributed by atoms with E-state index in [4.69, 9.17) is 16.3 Å². The van der Waals surface area contributed by atoms with Crippen molar-refractivity contribution >= 4 is 39.1 Å². The third-order valence-corrected chi connectivity index (χ3v) is 7.80. The summed E-state index contributed by atoms with van der Waals surface area (Å²) in [6.07, 6.45) is 6.16. The van der Waals surface area contributed by atoms with Crippen LogP contribution in [0.1, 0.15) is 44.6 Å². The Hall–Kier alpha value is -2.78. The normalized spacial score (nSPS) is 15.1. The predicted octanol–water partition coefficient (Wildman–Crippen LogP) is 3.98. The molecule has 8 nitrogen and oxygen atoms in total. The van der Waals surface area contributed by atoms with Gasteiger partial charge in [0, 0.05) is 17.6 Å². The summed E-state index contributed by atoms with van der Waals surface area (Å²) < 4.78 is 31.8. The largest absolute Gasteiger partial charge is 0.495 e. The van der Waals surface area contributed by atoms with Gasteiger partial charge in [-0.15, -0.1) is 0 Å². The fraction of sp³-hybridized carbons (Fsp3) is 0.462. The first-order chi connectivity index (χ1) is 17.1. The van der Waals surface area contributed by atoms with E-state index in [0.717, 1.165) is 48.2 Å². The highest BCUT2D eigenvalue weighted by Gasteiger charge is 2.32. The maximum Gasteiger partial charge on any atom is 0.244 e. The van der Waals surface area contributed by atoms with Crippen molar-refractivity contribution in [2.24, 2.45) is 0 Å². The first kappa shape index (κ1) is 27.8. The number of anilines is 1. The number of benzene rings is 2.